The van der Waals surface area contributed by atoms with Crippen LogP contribution in [0.1, 0.15) is 87.0 Å². The minimum Gasteiger partial charge on any atom is -0.457 e. The summed E-state index contributed by atoms with van der Waals surface area (Å²) in [5.41, 5.74) is 3.93. The Morgan fingerprint density at radius 1 is 0.597 bits per heavy atom. The van der Waals surface area contributed by atoms with Gasteiger partial charge in [0.2, 0.25) is 5.91 Å². The van der Waals surface area contributed by atoms with Gasteiger partial charge >= 0.3 is 0 Å². The first kappa shape index (κ1) is 51.3. The highest BCUT2D eigenvalue weighted by Crippen LogP contribution is 2.32. The van der Waals surface area contributed by atoms with Crippen LogP contribution in [0.25, 0.3) is 0 Å². The monoisotopic (exact) mass is 923 g/mol. The minimum absolute atomic E-state index is 0.163. The SMILES string of the molecule is C[C@@H](O)[C@@H](O)[C@H](CO[C@H]1OC(CF)[C@@H](OCc2ccccc2)[C@H](OCc2ccccc2)C1OCc1ccccc1)NC(=O)CCCCCCCCCCc1ccc(Oc2ccc(F)cc2)cc1. The van der Waals surface area contributed by atoms with E-state index < -0.39 is 55.6 Å². The molecule has 3 N–H and O–H groups in total. The van der Waals surface area contributed by atoms with Crippen molar-refractivity contribution in [3.63, 3.8) is 0 Å². The molecule has 0 saturated carbocycles. The number of carbonyl (C=O) groups is 1. The Morgan fingerprint density at radius 2 is 1.07 bits per heavy atom. The fraction of sp³-hybridized carbons (Fsp3) is 0.436. The fourth-order valence-corrected chi connectivity index (χ4v) is 8.08. The van der Waals surface area contributed by atoms with Crippen LogP contribution in [0.4, 0.5) is 8.78 Å². The Bertz CT molecular complexity index is 2100. The van der Waals surface area contributed by atoms with E-state index in [1.165, 1.54) is 24.6 Å². The number of unbranched alkanes of at least 4 members (excludes halogenated alkanes) is 7. The number of rotatable bonds is 29. The van der Waals surface area contributed by atoms with Gasteiger partial charge in [-0.15, -0.1) is 0 Å². The van der Waals surface area contributed by atoms with Gasteiger partial charge < -0.3 is 44.0 Å². The second-order valence-corrected chi connectivity index (χ2v) is 17.2. The third kappa shape index (κ3) is 17.5. The van der Waals surface area contributed by atoms with Crippen molar-refractivity contribution in [1.29, 1.82) is 0 Å². The molecule has 8 atom stereocenters. The molecule has 1 aliphatic heterocycles. The molecule has 1 heterocycles. The smallest absolute Gasteiger partial charge is 0.220 e. The van der Waals surface area contributed by atoms with Gasteiger partial charge in [-0.05, 0) is 84.8 Å². The number of amides is 1. The third-order valence-electron chi connectivity index (χ3n) is 11.9. The Labute approximate surface area is 394 Å². The molecule has 6 rings (SSSR count). The van der Waals surface area contributed by atoms with Crippen LogP contribution in [0.5, 0.6) is 11.5 Å². The van der Waals surface area contributed by atoms with Crippen LogP contribution in [-0.4, -0.2) is 78.4 Å². The largest absolute Gasteiger partial charge is 0.457 e. The number of nitrogens with one attached hydrogen (secondary N) is 1. The van der Waals surface area contributed by atoms with E-state index in [9.17, 15) is 19.4 Å². The van der Waals surface area contributed by atoms with E-state index in [0.29, 0.717) is 12.2 Å². The summed E-state index contributed by atoms with van der Waals surface area (Å²) in [6.07, 6.45) is 1.88. The second kappa shape index (κ2) is 28.3. The summed E-state index contributed by atoms with van der Waals surface area (Å²) in [4.78, 5) is 13.3. The Balaban J connectivity index is 0.979. The highest BCUT2D eigenvalue weighted by atomic mass is 19.1. The Hall–Kier alpha value is -5.05. The normalized spacial score (nSPS) is 19.6. The molecule has 1 saturated heterocycles. The van der Waals surface area contributed by atoms with Crippen molar-refractivity contribution in [2.75, 3.05) is 13.3 Å². The predicted molar refractivity (Wildman–Crippen MR) is 253 cm³/mol. The molecule has 0 aromatic heterocycles. The molecular formula is C55H67F2NO9. The molecule has 5 aromatic rings. The molecule has 12 heteroatoms. The number of halogens is 2. The van der Waals surface area contributed by atoms with E-state index in [4.69, 9.17) is 28.4 Å². The lowest BCUT2D eigenvalue weighted by molar-refractivity contribution is -0.326. The van der Waals surface area contributed by atoms with Crippen LogP contribution in [0.3, 0.4) is 0 Å². The van der Waals surface area contributed by atoms with Gasteiger partial charge in [-0.3, -0.25) is 4.79 Å². The number of hydrogen-bond acceptors (Lipinski definition) is 9. The number of ether oxygens (including phenoxy) is 6. The summed E-state index contributed by atoms with van der Waals surface area (Å²) in [6.45, 7) is 0.809. The first-order valence-corrected chi connectivity index (χ1v) is 23.7. The average Bonchev–Trinajstić information content (AvgIpc) is 3.35. The van der Waals surface area contributed by atoms with Crippen LogP contribution < -0.4 is 10.1 Å². The van der Waals surface area contributed by atoms with Crippen molar-refractivity contribution < 1.29 is 52.2 Å². The molecule has 0 radical (unpaired) electrons. The molecule has 5 aromatic carbocycles. The van der Waals surface area contributed by atoms with E-state index in [-0.39, 0.29) is 44.6 Å². The number of aliphatic hydroxyl groups excluding tert-OH is 2. The maximum absolute atomic E-state index is 15.0. The van der Waals surface area contributed by atoms with Crippen LogP contribution >= 0.6 is 0 Å². The lowest BCUT2D eigenvalue weighted by Crippen LogP contribution is -2.62. The highest BCUT2D eigenvalue weighted by Gasteiger charge is 2.49. The van der Waals surface area contributed by atoms with E-state index in [1.807, 2.05) is 103 Å². The number of hydrogen-bond donors (Lipinski definition) is 3. The van der Waals surface area contributed by atoms with Gasteiger partial charge in [-0.1, -0.05) is 142 Å². The third-order valence-corrected chi connectivity index (χ3v) is 11.9. The Morgan fingerprint density at radius 3 is 1.60 bits per heavy atom. The maximum Gasteiger partial charge on any atom is 0.220 e. The van der Waals surface area contributed by atoms with Crippen LogP contribution in [-0.2, 0) is 54.7 Å². The Kier molecular flexibility index (Phi) is 21.7. The maximum atomic E-state index is 15.0. The summed E-state index contributed by atoms with van der Waals surface area (Å²) in [7, 11) is 0. The highest BCUT2D eigenvalue weighted by molar-refractivity contribution is 5.76. The molecule has 67 heavy (non-hydrogen) atoms. The van der Waals surface area contributed by atoms with Crippen LogP contribution in [0, 0.1) is 5.82 Å². The molecule has 360 valence electrons. The number of aryl methyl sites for hydroxylation is 1. The second-order valence-electron chi connectivity index (χ2n) is 17.2. The van der Waals surface area contributed by atoms with Crippen molar-refractivity contribution in [3.8, 4) is 11.5 Å². The zero-order valence-electron chi connectivity index (χ0n) is 38.5. The van der Waals surface area contributed by atoms with Gasteiger partial charge in [-0.2, -0.15) is 0 Å². The summed E-state index contributed by atoms with van der Waals surface area (Å²) >= 11 is 0. The van der Waals surface area contributed by atoms with Gasteiger partial charge in [-0.25, -0.2) is 8.78 Å². The molecule has 0 bridgehead atoms. The van der Waals surface area contributed by atoms with Gasteiger partial charge in [0.25, 0.3) is 0 Å². The molecule has 1 aliphatic rings. The summed E-state index contributed by atoms with van der Waals surface area (Å²) in [5, 5.41) is 24.4. The first-order chi connectivity index (χ1) is 32.7. The lowest BCUT2D eigenvalue weighted by Gasteiger charge is -2.45. The number of benzene rings is 5. The molecule has 0 aliphatic carbocycles. The summed E-state index contributed by atoms with van der Waals surface area (Å²) in [5.74, 6) is 0.748. The van der Waals surface area contributed by atoms with Crippen molar-refractivity contribution >= 4 is 5.91 Å². The molecule has 2 unspecified atom stereocenters. The molecule has 0 spiro atoms. The van der Waals surface area contributed by atoms with Gasteiger partial charge in [0, 0.05) is 6.42 Å². The summed E-state index contributed by atoms with van der Waals surface area (Å²) < 4.78 is 66.2. The topological polar surface area (TPSA) is 125 Å². The predicted octanol–water partition coefficient (Wildman–Crippen LogP) is 10.4. The van der Waals surface area contributed by atoms with E-state index in [1.54, 1.807) is 12.1 Å². The van der Waals surface area contributed by atoms with Gasteiger partial charge in [0.1, 0.15) is 54.5 Å². The van der Waals surface area contributed by atoms with Crippen molar-refractivity contribution in [3.05, 3.63) is 168 Å². The minimum atomic E-state index is -1.36. The quantitative estimate of drug-likeness (QED) is 0.0402. The van der Waals surface area contributed by atoms with Crippen molar-refractivity contribution in [2.24, 2.45) is 0 Å². The van der Waals surface area contributed by atoms with Gasteiger partial charge in [0.15, 0.2) is 6.29 Å². The molecule has 1 amide bonds. The van der Waals surface area contributed by atoms with Crippen molar-refractivity contribution in [1.82, 2.24) is 5.32 Å². The number of carbonyl (C=O) groups excluding carboxylic acids is 1. The fourth-order valence-electron chi connectivity index (χ4n) is 8.08. The van der Waals surface area contributed by atoms with Crippen molar-refractivity contribution in [2.45, 2.75) is 140 Å². The van der Waals surface area contributed by atoms with E-state index >= 15 is 4.39 Å². The standard InChI is InChI=1S/C55H67F2NO9/c1-40(59)51(61)48(58-50(60)26-18-7-5-3-2-4-6-11-19-41-27-31-46(32-28-41)66-47-33-29-45(57)30-34-47)39-65-55-54(64-38-44-24-16-10-17-25-44)53(63-37-43-22-14-9-15-23-43)52(49(35-56)67-55)62-36-42-20-12-8-13-21-42/h8-10,12-17,20-25,27-34,40,48-49,51-55,59,61H,2-7,11,18-19,26,35-39H2,1H3,(H,58,60)/t40-,48+,49?,51-,52-,53+,54?,55+/m1/s1. The molecule has 1 fully saturated rings. The van der Waals surface area contributed by atoms with Gasteiger partial charge in [0.05, 0.1) is 38.6 Å². The summed E-state index contributed by atoms with van der Waals surface area (Å²) in [6, 6.07) is 41.8. The number of alkyl halides is 1. The van der Waals surface area contributed by atoms with E-state index in [0.717, 1.165) is 73.8 Å². The zero-order chi connectivity index (χ0) is 47.1. The lowest BCUT2D eigenvalue weighted by atomic mass is 9.98. The number of aliphatic hydroxyl groups is 2. The van der Waals surface area contributed by atoms with Crippen LogP contribution in [0.15, 0.2) is 140 Å². The molecular weight excluding hydrogens is 857 g/mol. The molecule has 10 nitrogen and oxygen atoms in total. The average molecular weight is 924 g/mol. The zero-order valence-corrected chi connectivity index (χ0v) is 38.5. The van der Waals surface area contributed by atoms with Crippen LogP contribution in [0.2, 0.25) is 0 Å². The first-order valence-electron chi connectivity index (χ1n) is 23.7. The van der Waals surface area contributed by atoms with E-state index in [2.05, 4.69) is 17.4 Å².